The zero-order valence-electron chi connectivity index (χ0n) is 45.2. The lowest BCUT2D eigenvalue weighted by molar-refractivity contribution is -0.305. The Hall–Kier alpha value is -4.20. The van der Waals surface area contributed by atoms with E-state index >= 15 is 0 Å². The maximum Gasteiger partial charge on any atom is 0.306 e. The number of unbranched alkanes of at least 4 members (excludes halogenated alkanes) is 10. The maximum absolute atomic E-state index is 13.3. The number of amides is 1. The van der Waals surface area contributed by atoms with Crippen molar-refractivity contribution in [3.63, 3.8) is 0 Å². The van der Waals surface area contributed by atoms with E-state index in [1.54, 1.807) is 6.08 Å². The number of rotatable bonds is 44. The number of hydrogen-bond donors (Lipinski definition) is 6. The van der Waals surface area contributed by atoms with Gasteiger partial charge in [0.1, 0.15) is 24.4 Å². The fraction of sp³-hybridized carbons (Fsp3) is 0.613. The molecule has 11 heteroatoms. The average molecular weight is 1020 g/mol. The van der Waals surface area contributed by atoms with Crippen molar-refractivity contribution in [3.8, 4) is 0 Å². The molecular formula is C62H99NO10. The highest BCUT2D eigenvalue weighted by molar-refractivity contribution is 5.80. The minimum atomic E-state index is -1.65. The van der Waals surface area contributed by atoms with E-state index in [4.69, 9.17) is 14.2 Å². The Morgan fingerprint density at radius 1 is 0.548 bits per heavy atom. The van der Waals surface area contributed by atoms with Gasteiger partial charge >= 0.3 is 5.97 Å². The average Bonchev–Trinajstić information content (AvgIpc) is 3.39. The molecule has 0 aromatic heterocycles. The molecule has 0 spiro atoms. The van der Waals surface area contributed by atoms with Crippen LogP contribution in [0.25, 0.3) is 0 Å². The van der Waals surface area contributed by atoms with Gasteiger partial charge in [-0.1, -0.05) is 206 Å². The fourth-order valence-electron chi connectivity index (χ4n) is 7.66. The smallest absolute Gasteiger partial charge is 0.306 e. The quantitative estimate of drug-likeness (QED) is 0.0196. The summed E-state index contributed by atoms with van der Waals surface area (Å²) in [6, 6.07) is -1.07. The van der Waals surface area contributed by atoms with E-state index in [2.05, 4.69) is 123 Å². The maximum atomic E-state index is 13.3. The first kappa shape index (κ1) is 66.8. The summed E-state index contributed by atoms with van der Waals surface area (Å²) in [5.41, 5.74) is 0. The molecular weight excluding hydrogens is 919 g/mol. The third kappa shape index (κ3) is 37.2. The topological polar surface area (TPSA) is 175 Å². The molecule has 11 nitrogen and oxygen atoms in total. The van der Waals surface area contributed by atoms with Gasteiger partial charge in [-0.15, -0.1) is 0 Å². The van der Waals surface area contributed by atoms with Crippen molar-refractivity contribution in [1.82, 2.24) is 5.32 Å². The Morgan fingerprint density at radius 3 is 1.47 bits per heavy atom. The van der Waals surface area contributed by atoms with Crippen molar-refractivity contribution in [2.75, 3.05) is 13.2 Å². The molecule has 6 N–H and O–H groups in total. The number of carbonyl (C=O) groups excluding carboxylic acids is 2. The molecule has 0 aromatic carbocycles. The molecule has 1 amide bonds. The number of aliphatic hydroxyl groups excluding tert-OH is 5. The second kappa shape index (κ2) is 48.7. The number of nitrogens with one attached hydrogen (secondary N) is 1. The van der Waals surface area contributed by atoms with Crippen molar-refractivity contribution >= 4 is 11.9 Å². The van der Waals surface area contributed by atoms with Crippen LogP contribution in [0, 0.1) is 0 Å². The summed E-state index contributed by atoms with van der Waals surface area (Å²) < 4.78 is 17.5. The zero-order valence-corrected chi connectivity index (χ0v) is 45.2. The first-order valence-electron chi connectivity index (χ1n) is 28.0. The van der Waals surface area contributed by atoms with Crippen molar-refractivity contribution in [2.45, 2.75) is 230 Å². The summed E-state index contributed by atoms with van der Waals surface area (Å²) in [6.45, 7) is 5.44. The van der Waals surface area contributed by atoms with Gasteiger partial charge in [-0.3, -0.25) is 9.59 Å². The Labute approximate surface area is 442 Å². The van der Waals surface area contributed by atoms with E-state index in [1.165, 1.54) is 38.5 Å². The molecule has 1 heterocycles. The van der Waals surface area contributed by atoms with Gasteiger partial charge in [-0.05, 0) is 103 Å². The number of aliphatic hydroxyl groups is 5. The third-order valence-electron chi connectivity index (χ3n) is 12.1. The summed E-state index contributed by atoms with van der Waals surface area (Å²) in [4.78, 5) is 26.4. The minimum Gasteiger partial charge on any atom is -0.454 e. The molecule has 73 heavy (non-hydrogen) atoms. The number of carbonyl (C=O) groups is 2. The largest absolute Gasteiger partial charge is 0.454 e. The predicted octanol–water partition coefficient (Wildman–Crippen LogP) is 12.5. The van der Waals surface area contributed by atoms with E-state index < -0.39 is 67.4 Å². The van der Waals surface area contributed by atoms with E-state index in [9.17, 15) is 35.1 Å². The summed E-state index contributed by atoms with van der Waals surface area (Å²) in [5, 5.41) is 56.6. The first-order valence-corrected chi connectivity index (χ1v) is 28.0. The standard InChI is InChI=1S/C62H99NO10/c1-4-7-10-13-16-19-22-24-26-28-30-32-35-38-41-44-47-50-57(67)73-60-59(69)58(68)56(51-64)72-62(60)71-52-53(54(65)48-45-42-39-36-33-21-18-15-12-9-6-3)63-61(70)55(66)49-46-43-40-37-34-31-29-27-25-23-20-17-14-11-8-5-2/h7-8,10-11,16-17,19-20,24-27,30-32,34,38,40-41,43,45,48,53-56,58-60,62,64-66,68-69H,4-6,9,12-15,18,21-23,28-29,33,35-37,39,42,44,46-47,49-52H2,1-3H3,(H,63,70)/b10-7-,11-8-,19-16-,20-17-,26-24-,27-25-,32-30-,34-31-,41-38-,43-40-,48-45+. The number of hydrogen-bond acceptors (Lipinski definition) is 10. The second-order valence-electron chi connectivity index (χ2n) is 18.5. The summed E-state index contributed by atoms with van der Waals surface area (Å²) in [5.74, 6) is -1.33. The van der Waals surface area contributed by atoms with Gasteiger partial charge in [0.05, 0.1) is 25.4 Å². The fourth-order valence-corrected chi connectivity index (χ4v) is 7.66. The van der Waals surface area contributed by atoms with Crippen LogP contribution in [0.1, 0.15) is 181 Å². The van der Waals surface area contributed by atoms with Gasteiger partial charge < -0.3 is 45.1 Å². The third-order valence-corrected chi connectivity index (χ3v) is 12.1. The van der Waals surface area contributed by atoms with Gasteiger partial charge in [-0.25, -0.2) is 0 Å². The van der Waals surface area contributed by atoms with E-state index in [0.29, 0.717) is 19.3 Å². The van der Waals surface area contributed by atoms with Crippen LogP contribution < -0.4 is 5.32 Å². The lowest BCUT2D eigenvalue weighted by atomic mass is 9.99. The molecule has 0 saturated carbocycles. The second-order valence-corrected chi connectivity index (χ2v) is 18.5. The van der Waals surface area contributed by atoms with Crippen LogP contribution in [-0.4, -0.2) is 99.6 Å². The highest BCUT2D eigenvalue weighted by atomic mass is 16.7. The van der Waals surface area contributed by atoms with E-state index in [1.807, 2.05) is 30.4 Å². The summed E-state index contributed by atoms with van der Waals surface area (Å²) >= 11 is 0. The first-order chi connectivity index (χ1) is 35.7. The number of ether oxygens (including phenoxy) is 3. The van der Waals surface area contributed by atoms with Crippen LogP contribution in [-0.2, 0) is 23.8 Å². The van der Waals surface area contributed by atoms with Crippen LogP contribution in [0.2, 0.25) is 0 Å². The van der Waals surface area contributed by atoms with E-state index in [-0.39, 0.29) is 19.4 Å². The molecule has 0 bridgehead atoms. The van der Waals surface area contributed by atoms with Crippen LogP contribution in [0.4, 0.5) is 0 Å². The van der Waals surface area contributed by atoms with E-state index in [0.717, 1.165) is 89.9 Å². The molecule has 1 saturated heterocycles. The van der Waals surface area contributed by atoms with Gasteiger partial charge in [0, 0.05) is 6.42 Å². The Balaban J connectivity index is 2.82. The molecule has 412 valence electrons. The Morgan fingerprint density at radius 2 is 0.986 bits per heavy atom. The molecule has 8 atom stereocenters. The highest BCUT2D eigenvalue weighted by Crippen LogP contribution is 2.26. The molecule has 1 rings (SSSR count). The zero-order chi connectivity index (χ0) is 53.3. The molecule has 1 aliphatic rings. The molecule has 0 radical (unpaired) electrons. The molecule has 0 aliphatic carbocycles. The van der Waals surface area contributed by atoms with Crippen LogP contribution in [0.3, 0.4) is 0 Å². The van der Waals surface area contributed by atoms with Crippen molar-refractivity contribution in [2.24, 2.45) is 0 Å². The predicted molar refractivity (Wildman–Crippen MR) is 301 cm³/mol. The summed E-state index contributed by atoms with van der Waals surface area (Å²) in [7, 11) is 0. The summed E-state index contributed by atoms with van der Waals surface area (Å²) in [6.07, 6.45) is 58.0. The van der Waals surface area contributed by atoms with Gasteiger partial charge in [0.2, 0.25) is 5.91 Å². The normalized spacial score (nSPS) is 20.5. The minimum absolute atomic E-state index is 0.0302. The van der Waals surface area contributed by atoms with Crippen molar-refractivity contribution in [1.29, 1.82) is 0 Å². The monoisotopic (exact) mass is 1020 g/mol. The Bertz CT molecular complexity index is 1690. The number of esters is 1. The van der Waals surface area contributed by atoms with Gasteiger partial charge in [0.25, 0.3) is 0 Å². The lowest BCUT2D eigenvalue weighted by Crippen LogP contribution is -2.61. The molecule has 8 unspecified atom stereocenters. The van der Waals surface area contributed by atoms with Gasteiger partial charge in [-0.2, -0.15) is 0 Å². The number of allylic oxidation sites excluding steroid dienone is 21. The van der Waals surface area contributed by atoms with Crippen LogP contribution in [0.5, 0.6) is 0 Å². The molecule has 1 aliphatic heterocycles. The lowest BCUT2D eigenvalue weighted by Gasteiger charge is -2.41. The molecule has 1 fully saturated rings. The highest BCUT2D eigenvalue weighted by Gasteiger charge is 2.47. The van der Waals surface area contributed by atoms with Crippen molar-refractivity contribution in [3.05, 3.63) is 134 Å². The SMILES string of the molecule is CC/C=C\C/C=C\C/C=C\C/C=C\C/C=C\CCCC(=O)OC1C(OCC(NC(=O)C(O)CC/C=C\C/C=C\C/C=C\C/C=C\C/C=C\CC)C(O)/C=C/CCCCCCCCCCC)OC(CO)C(O)C1O. The van der Waals surface area contributed by atoms with Crippen molar-refractivity contribution < 1.29 is 49.3 Å². The van der Waals surface area contributed by atoms with Gasteiger partial charge in [0.15, 0.2) is 12.4 Å². The van der Waals surface area contributed by atoms with Crippen LogP contribution >= 0.6 is 0 Å². The van der Waals surface area contributed by atoms with Crippen LogP contribution in [0.15, 0.2) is 134 Å². The molecule has 0 aromatic rings. The Kier molecular flexibility index (Phi) is 44.6.